The predicted molar refractivity (Wildman–Crippen MR) is 90.8 cm³/mol. The van der Waals surface area contributed by atoms with Gasteiger partial charge in [-0.2, -0.15) is 0 Å². The van der Waals surface area contributed by atoms with Crippen molar-refractivity contribution in [2.75, 3.05) is 7.11 Å². The number of ether oxygens (including phenoxy) is 1. The molecule has 0 saturated carbocycles. The summed E-state index contributed by atoms with van der Waals surface area (Å²) >= 11 is 0. The standard InChI is InChI=1S/C20H15NO2/c1-14-3-9-19-16(11-14)12-17(13-22)20(21-19)10-6-15-4-7-18(23-2)8-5-15/h3-5,7-9,11-13H,1-2H3. The zero-order valence-corrected chi connectivity index (χ0v) is 13.0. The van der Waals surface area contributed by atoms with Gasteiger partial charge in [-0.15, -0.1) is 0 Å². The summed E-state index contributed by atoms with van der Waals surface area (Å²) in [7, 11) is 1.62. The minimum Gasteiger partial charge on any atom is -0.497 e. The minimum atomic E-state index is 0.493. The fraction of sp³-hybridized carbons (Fsp3) is 0.100. The number of hydrogen-bond donors (Lipinski definition) is 0. The number of methoxy groups -OCH3 is 1. The van der Waals surface area contributed by atoms with E-state index in [0.29, 0.717) is 11.3 Å². The Hall–Kier alpha value is -3.12. The van der Waals surface area contributed by atoms with Crippen molar-refractivity contribution in [1.29, 1.82) is 0 Å². The van der Waals surface area contributed by atoms with Crippen molar-refractivity contribution < 1.29 is 9.53 Å². The minimum absolute atomic E-state index is 0.493. The van der Waals surface area contributed by atoms with Crippen molar-refractivity contribution in [3.8, 4) is 17.6 Å². The van der Waals surface area contributed by atoms with Gasteiger partial charge in [0.25, 0.3) is 0 Å². The average molecular weight is 301 g/mol. The van der Waals surface area contributed by atoms with Crippen molar-refractivity contribution in [3.05, 3.63) is 70.9 Å². The molecule has 0 amide bonds. The van der Waals surface area contributed by atoms with E-state index in [9.17, 15) is 4.79 Å². The summed E-state index contributed by atoms with van der Waals surface area (Å²) in [6.45, 7) is 2.01. The lowest BCUT2D eigenvalue weighted by Crippen LogP contribution is -1.94. The Balaban J connectivity index is 2.03. The van der Waals surface area contributed by atoms with E-state index in [-0.39, 0.29) is 0 Å². The second-order valence-corrected chi connectivity index (χ2v) is 5.22. The maximum atomic E-state index is 11.3. The van der Waals surface area contributed by atoms with Crippen LogP contribution in [0.4, 0.5) is 0 Å². The van der Waals surface area contributed by atoms with Crippen LogP contribution in [0.15, 0.2) is 48.5 Å². The van der Waals surface area contributed by atoms with E-state index in [0.717, 1.165) is 34.1 Å². The summed E-state index contributed by atoms with van der Waals surface area (Å²) in [5, 5.41) is 0.946. The van der Waals surface area contributed by atoms with Crippen LogP contribution in [0.1, 0.15) is 27.2 Å². The van der Waals surface area contributed by atoms with Gasteiger partial charge in [0.1, 0.15) is 11.4 Å². The van der Waals surface area contributed by atoms with Gasteiger partial charge in [0.15, 0.2) is 6.29 Å². The smallest absolute Gasteiger partial charge is 0.152 e. The van der Waals surface area contributed by atoms with Crippen molar-refractivity contribution in [3.63, 3.8) is 0 Å². The summed E-state index contributed by atoms with van der Waals surface area (Å²) in [6.07, 6.45) is 0.798. The Morgan fingerprint density at radius 1 is 1.04 bits per heavy atom. The van der Waals surface area contributed by atoms with E-state index in [1.165, 1.54) is 0 Å². The third-order valence-corrected chi connectivity index (χ3v) is 3.54. The number of carbonyl (C=O) groups excluding carboxylic acids is 1. The number of benzene rings is 2. The Labute approximate surface area is 134 Å². The Kier molecular flexibility index (Phi) is 4.07. The van der Waals surface area contributed by atoms with Gasteiger partial charge in [0.2, 0.25) is 0 Å². The van der Waals surface area contributed by atoms with Crippen LogP contribution in [0.5, 0.6) is 5.75 Å². The van der Waals surface area contributed by atoms with Crippen LogP contribution in [0.25, 0.3) is 10.9 Å². The zero-order chi connectivity index (χ0) is 16.2. The number of aldehydes is 1. The summed E-state index contributed by atoms with van der Waals surface area (Å²) in [5.41, 5.74) is 3.80. The number of pyridine rings is 1. The molecule has 0 saturated heterocycles. The lowest BCUT2D eigenvalue weighted by molar-refractivity contribution is 0.112. The van der Waals surface area contributed by atoms with Gasteiger partial charge in [-0.1, -0.05) is 17.6 Å². The monoisotopic (exact) mass is 301 g/mol. The first-order valence-corrected chi connectivity index (χ1v) is 7.22. The first kappa shape index (κ1) is 14.8. The van der Waals surface area contributed by atoms with E-state index < -0.39 is 0 Å². The lowest BCUT2D eigenvalue weighted by atomic mass is 10.1. The third kappa shape index (κ3) is 3.22. The molecule has 112 valence electrons. The number of aromatic nitrogens is 1. The number of hydrogen-bond acceptors (Lipinski definition) is 3. The van der Waals surface area contributed by atoms with Gasteiger partial charge in [-0.25, -0.2) is 4.98 Å². The van der Waals surface area contributed by atoms with Crippen LogP contribution in [0.3, 0.4) is 0 Å². The van der Waals surface area contributed by atoms with Crippen LogP contribution in [-0.4, -0.2) is 18.4 Å². The number of carbonyl (C=O) groups is 1. The molecule has 0 fully saturated rings. The van der Waals surface area contributed by atoms with Crippen LogP contribution in [-0.2, 0) is 0 Å². The lowest BCUT2D eigenvalue weighted by Gasteiger charge is -2.02. The zero-order valence-electron chi connectivity index (χ0n) is 13.0. The number of fused-ring (bicyclic) bond motifs is 1. The molecule has 0 aliphatic rings. The highest BCUT2D eigenvalue weighted by Gasteiger charge is 2.04. The van der Waals surface area contributed by atoms with Crippen LogP contribution < -0.4 is 4.74 Å². The largest absolute Gasteiger partial charge is 0.497 e. The Morgan fingerprint density at radius 3 is 2.52 bits per heavy atom. The highest BCUT2D eigenvalue weighted by atomic mass is 16.5. The first-order valence-electron chi connectivity index (χ1n) is 7.22. The fourth-order valence-corrected chi connectivity index (χ4v) is 2.31. The van der Waals surface area contributed by atoms with E-state index >= 15 is 0 Å². The summed E-state index contributed by atoms with van der Waals surface area (Å²) in [6, 6.07) is 15.2. The Morgan fingerprint density at radius 2 is 1.83 bits per heavy atom. The predicted octanol–water partition coefficient (Wildman–Crippen LogP) is 3.76. The highest BCUT2D eigenvalue weighted by molar-refractivity contribution is 5.88. The topological polar surface area (TPSA) is 39.2 Å². The van der Waals surface area contributed by atoms with Crippen molar-refractivity contribution in [2.45, 2.75) is 6.92 Å². The molecule has 0 atom stereocenters. The van der Waals surface area contributed by atoms with E-state index in [1.807, 2.05) is 55.5 Å². The number of rotatable bonds is 2. The molecule has 3 nitrogen and oxygen atoms in total. The van der Waals surface area contributed by atoms with Gasteiger partial charge < -0.3 is 4.74 Å². The maximum Gasteiger partial charge on any atom is 0.152 e. The van der Waals surface area contributed by atoms with Crippen molar-refractivity contribution in [1.82, 2.24) is 4.98 Å². The van der Waals surface area contributed by atoms with E-state index in [2.05, 4.69) is 16.8 Å². The van der Waals surface area contributed by atoms with Gasteiger partial charge in [0.05, 0.1) is 12.6 Å². The molecule has 0 aliphatic carbocycles. The van der Waals surface area contributed by atoms with Crippen molar-refractivity contribution in [2.24, 2.45) is 0 Å². The molecule has 0 bridgehead atoms. The quantitative estimate of drug-likeness (QED) is 0.534. The maximum absolute atomic E-state index is 11.3. The van der Waals surface area contributed by atoms with Gasteiger partial charge in [-0.05, 0) is 55.3 Å². The van der Waals surface area contributed by atoms with Crippen molar-refractivity contribution >= 4 is 17.2 Å². The van der Waals surface area contributed by atoms with Crippen LogP contribution in [0.2, 0.25) is 0 Å². The Bertz CT molecular complexity index is 931. The molecule has 3 aromatic rings. The second-order valence-electron chi connectivity index (χ2n) is 5.22. The molecule has 0 spiro atoms. The first-order chi connectivity index (χ1) is 11.2. The van der Waals surface area contributed by atoms with Gasteiger partial charge in [-0.3, -0.25) is 4.79 Å². The highest BCUT2D eigenvalue weighted by Crippen LogP contribution is 2.17. The molecule has 23 heavy (non-hydrogen) atoms. The number of nitrogens with zero attached hydrogens (tertiary/aromatic N) is 1. The van der Waals surface area contributed by atoms with Crippen LogP contribution >= 0.6 is 0 Å². The molecule has 1 heterocycles. The molecule has 1 aromatic heterocycles. The molecular weight excluding hydrogens is 286 g/mol. The number of aryl methyl sites for hydroxylation is 1. The van der Waals surface area contributed by atoms with E-state index in [1.54, 1.807) is 7.11 Å². The van der Waals surface area contributed by atoms with E-state index in [4.69, 9.17) is 4.74 Å². The van der Waals surface area contributed by atoms with Gasteiger partial charge in [0, 0.05) is 16.5 Å². The summed E-state index contributed by atoms with van der Waals surface area (Å²) in [5.74, 6) is 6.81. The normalized spacial score (nSPS) is 10.0. The summed E-state index contributed by atoms with van der Waals surface area (Å²) < 4.78 is 5.12. The molecule has 0 N–H and O–H groups in total. The SMILES string of the molecule is COc1ccc(C#Cc2nc3ccc(C)cc3cc2C=O)cc1. The second kappa shape index (κ2) is 6.33. The van der Waals surface area contributed by atoms with Crippen LogP contribution in [0, 0.1) is 18.8 Å². The van der Waals surface area contributed by atoms with Gasteiger partial charge >= 0.3 is 0 Å². The molecule has 0 radical (unpaired) electrons. The fourth-order valence-electron chi connectivity index (χ4n) is 2.31. The molecular formula is C20H15NO2. The molecule has 0 unspecified atom stereocenters. The average Bonchev–Trinajstić information content (AvgIpc) is 2.59. The third-order valence-electron chi connectivity index (χ3n) is 3.54. The molecule has 0 aliphatic heterocycles. The summed E-state index contributed by atoms with van der Waals surface area (Å²) in [4.78, 5) is 15.8. The molecule has 2 aromatic carbocycles. The molecule has 3 rings (SSSR count). The molecule has 3 heteroatoms.